The number of nitrogens with zero attached hydrogens (tertiary/aromatic N) is 2. The molecule has 2 nitrogen and oxygen atoms in total. The molecule has 0 aliphatic carbocycles. The predicted octanol–water partition coefficient (Wildman–Crippen LogP) is 4.01. The molecule has 0 spiro atoms. The summed E-state index contributed by atoms with van der Waals surface area (Å²) in [5.74, 6) is -0.524. The highest BCUT2D eigenvalue weighted by Gasteiger charge is 2.28. The lowest BCUT2D eigenvalue weighted by Crippen LogP contribution is -2.17. The largest absolute Gasteiger partial charge is 0.408 e. The van der Waals surface area contributed by atoms with Crippen molar-refractivity contribution < 1.29 is 17.6 Å². The molecule has 1 heterocycles. The van der Waals surface area contributed by atoms with Gasteiger partial charge in [-0.05, 0) is 22.0 Å². The van der Waals surface area contributed by atoms with Gasteiger partial charge in [0.15, 0.2) is 0 Å². The fraction of sp³-hybridized carbons (Fsp3) is 0.182. The molecular formula is C11H7BrF4N2. The molecule has 1 aromatic carbocycles. The van der Waals surface area contributed by atoms with Crippen molar-refractivity contribution >= 4 is 15.9 Å². The minimum absolute atomic E-state index is 0.206. The molecule has 0 unspecified atom stereocenters. The highest BCUT2D eigenvalue weighted by molar-refractivity contribution is 9.10. The molecule has 0 aliphatic heterocycles. The summed E-state index contributed by atoms with van der Waals surface area (Å²) in [5.41, 5.74) is 0.510. The number of hydrogen-bond donors (Lipinski definition) is 0. The van der Waals surface area contributed by atoms with Crippen LogP contribution in [0.25, 0.3) is 11.1 Å². The van der Waals surface area contributed by atoms with Crippen LogP contribution in [0.3, 0.4) is 0 Å². The van der Waals surface area contributed by atoms with E-state index >= 15 is 0 Å². The SMILES string of the molecule is Fc1c(Br)cccc1-c1cnn(CC(F)(F)F)c1. The maximum atomic E-state index is 13.7. The van der Waals surface area contributed by atoms with Crippen LogP contribution in [-0.2, 0) is 6.54 Å². The summed E-state index contributed by atoms with van der Waals surface area (Å²) >= 11 is 3.02. The molecule has 1 aromatic heterocycles. The van der Waals surface area contributed by atoms with Crippen molar-refractivity contribution in [1.29, 1.82) is 0 Å². The van der Waals surface area contributed by atoms with Gasteiger partial charge in [0.1, 0.15) is 12.4 Å². The van der Waals surface area contributed by atoms with Crippen molar-refractivity contribution in [2.24, 2.45) is 0 Å². The fourth-order valence-corrected chi connectivity index (χ4v) is 1.87. The van der Waals surface area contributed by atoms with Crippen molar-refractivity contribution in [1.82, 2.24) is 9.78 Å². The van der Waals surface area contributed by atoms with Crippen LogP contribution >= 0.6 is 15.9 Å². The van der Waals surface area contributed by atoms with E-state index in [1.807, 2.05) is 0 Å². The third-order valence-electron chi connectivity index (χ3n) is 2.24. The lowest BCUT2D eigenvalue weighted by atomic mass is 10.1. The zero-order valence-electron chi connectivity index (χ0n) is 8.88. The Morgan fingerprint density at radius 2 is 2.00 bits per heavy atom. The minimum atomic E-state index is -4.35. The van der Waals surface area contributed by atoms with Crippen LogP contribution in [0.5, 0.6) is 0 Å². The molecule has 2 rings (SSSR count). The summed E-state index contributed by atoms with van der Waals surface area (Å²) in [7, 11) is 0. The summed E-state index contributed by atoms with van der Waals surface area (Å²) in [5, 5.41) is 3.56. The quantitative estimate of drug-likeness (QED) is 0.764. The van der Waals surface area contributed by atoms with Gasteiger partial charge < -0.3 is 0 Å². The van der Waals surface area contributed by atoms with E-state index in [9.17, 15) is 17.6 Å². The fourth-order valence-electron chi connectivity index (χ4n) is 1.50. The second-order valence-corrected chi connectivity index (χ2v) is 4.50. The van der Waals surface area contributed by atoms with Crippen molar-refractivity contribution in [3.05, 3.63) is 40.9 Å². The smallest absolute Gasteiger partial charge is 0.263 e. The maximum Gasteiger partial charge on any atom is 0.408 e. The summed E-state index contributed by atoms with van der Waals surface area (Å²) in [6, 6.07) is 4.59. The van der Waals surface area contributed by atoms with Crippen LogP contribution in [0, 0.1) is 5.82 Å². The Hall–Kier alpha value is -1.37. The minimum Gasteiger partial charge on any atom is -0.263 e. The van der Waals surface area contributed by atoms with E-state index in [-0.39, 0.29) is 10.0 Å². The van der Waals surface area contributed by atoms with Gasteiger partial charge in [0.25, 0.3) is 0 Å². The Morgan fingerprint density at radius 3 is 2.67 bits per heavy atom. The summed E-state index contributed by atoms with van der Waals surface area (Å²) in [6.07, 6.45) is -1.98. The molecule has 0 bridgehead atoms. The van der Waals surface area contributed by atoms with Gasteiger partial charge in [0.05, 0.1) is 10.7 Å². The van der Waals surface area contributed by atoms with Crippen LogP contribution in [0.2, 0.25) is 0 Å². The van der Waals surface area contributed by atoms with E-state index in [4.69, 9.17) is 0 Å². The Bertz CT molecular complexity index is 562. The van der Waals surface area contributed by atoms with Gasteiger partial charge in [-0.3, -0.25) is 4.68 Å². The molecule has 18 heavy (non-hydrogen) atoms. The molecule has 7 heteroatoms. The van der Waals surface area contributed by atoms with E-state index in [1.54, 1.807) is 6.07 Å². The van der Waals surface area contributed by atoms with Gasteiger partial charge >= 0.3 is 6.18 Å². The van der Waals surface area contributed by atoms with Crippen molar-refractivity contribution in [2.75, 3.05) is 0 Å². The number of rotatable bonds is 2. The average molecular weight is 323 g/mol. The molecule has 96 valence electrons. The number of halogens is 5. The Morgan fingerprint density at radius 1 is 1.28 bits per heavy atom. The lowest BCUT2D eigenvalue weighted by molar-refractivity contribution is -0.142. The van der Waals surface area contributed by atoms with Gasteiger partial charge in [-0.1, -0.05) is 12.1 Å². The highest BCUT2D eigenvalue weighted by Crippen LogP contribution is 2.28. The standard InChI is InChI=1S/C11H7BrF4N2/c12-9-3-1-2-8(10(9)13)7-4-17-18(5-7)6-11(14,15)16/h1-5H,6H2. The number of benzene rings is 1. The van der Waals surface area contributed by atoms with Gasteiger partial charge in [0, 0.05) is 17.3 Å². The van der Waals surface area contributed by atoms with Crippen LogP contribution in [-0.4, -0.2) is 16.0 Å². The lowest BCUT2D eigenvalue weighted by Gasteiger charge is -2.05. The first-order chi connectivity index (χ1) is 8.37. The molecule has 0 saturated carbocycles. The third-order valence-corrected chi connectivity index (χ3v) is 2.85. The van der Waals surface area contributed by atoms with Gasteiger partial charge in [-0.15, -0.1) is 0 Å². The second kappa shape index (κ2) is 4.72. The number of hydrogen-bond acceptors (Lipinski definition) is 1. The molecule has 0 fully saturated rings. The van der Waals surface area contributed by atoms with E-state index < -0.39 is 18.5 Å². The molecule has 0 aliphatic rings. The number of alkyl halides is 3. The Kier molecular flexibility index (Phi) is 3.43. The normalized spacial score (nSPS) is 11.8. The van der Waals surface area contributed by atoms with Crippen LogP contribution < -0.4 is 0 Å². The van der Waals surface area contributed by atoms with Gasteiger partial charge in [0.2, 0.25) is 0 Å². The zero-order chi connectivity index (χ0) is 13.3. The molecule has 0 saturated heterocycles. The Labute approximate surface area is 108 Å². The molecule has 0 N–H and O–H groups in total. The predicted molar refractivity (Wildman–Crippen MR) is 61.4 cm³/mol. The summed E-state index contributed by atoms with van der Waals surface area (Å²) in [6.45, 7) is -1.19. The average Bonchev–Trinajstić information content (AvgIpc) is 2.68. The first-order valence-corrected chi connectivity index (χ1v) is 5.70. The van der Waals surface area contributed by atoms with Crippen LogP contribution in [0.1, 0.15) is 0 Å². The number of aromatic nitrogens is 2. The van der Waals surface area contributed by atoms with E-state index in [0.717, 1.165) is 4.68 Å². The molecular weight excluding hydrogens is 316 g/mol. The second-order valence-electron chi connectivity index (χ2n) is 3.64. The van der Waals surface area contributed by atoms with Crippen LogP contribution in [0.4, 0.5) is 17.6 Å². The first kappa shape index (κ1) is 13.1. The van der Waals surface area contributed by atoms with Gasteiger partial charge in [-0.25, -0.2) is 4.39 Å². The van der Waals surface area contributed by atoms with E-state index in [0.29, 0.717) is 5.56 Å². The zero-order valence-corrected chi connectivity index (χ0v) is 10.5. The first-order valence-electron chi connectivity index (χ1n) is 4.90. The molecule has 0 amide bonds. The van der Waals surface area contributed by atoms with Crippen molar-refractivity contribution in [2.45, 2.75) is 12.7 Å². The molecule has 2 aromatic rings. The van der Waals surface area contributed by atoms with Crippen LogP contribution in [0.15, 0.2) is 35.1 Å². The van der Waals surface area contributed by atoms with E-state index in [1.165, 1.54) is 24.5 Å². The van der Waals surface area contributed by atoms with Crippen molar-refractivity contribution in [3.8, 4) is 11.1 Å². The summed E-state index contributed by atoms with van der Waals surface area (Å²) in [4.78, 5) is 0. The summed E-state index contributed by atoms with van der Waals surface area (Å²) < 4.78 is 51.2. The van der Waals surface area contributed by atoms with Gasteiger partial charge in [-0.2, -0.15) is 18.3 Å². The highest BCUT2D eigenvalue weighted by atomic mass is 79.9. The Balaban J connectivity index is 2.33. The van der Waals surface area contributed by atoms with E-state index in [2.05, 4.69) is 21.0 Å². The molecule has 0 atom stereocenters. The topological polar surface area (TPSA) is 17.8 Å². The monoisotopic (exact) mass is 322 g/mol. The van der Waals surface area contributed by atoms with Crippen molar-refractivity contribution in [3.63, 3.8) is 0 Å². The maximum absolute atomic E-state index is 13.7. The third kappa shape index (κ3) is 2.90. The molecule has 0 radical (unpaired) electrons.